The topological polar surface area (TPSA) is 38.0 Å². The standard InChI is InChI=1S/C14H28N2/c1-9(2)4-13-8-14(16-13)5-10(3)11-6-12(15)7-11/h9-14,16H,4-8,15H2,1-3H3/t10?,11?,12?,13-,14?/m0/s1. The molecular formula is C14H28N2. The first-order chi connectivity index (χ1) is 7.54. The van der Waals surface area contributed by atoms with Gasteiger partial charge in [-0.25, -0.2) is 0 Å². The van der Waals surface area contributed by atoms with E-state index < -0.39 is 0 Å². The van der Waals surface area contributed by atoms with E-state index in [9.17, 15) is 0 Å². The maximum Gasteiger partial charge on any atom is 0.00871 e. The molecule has 2 aliphatic rings. The number of rotatable bonds is 5. The molecule has 0 aromatic rings. The van der Waals surface area contributed by atoms with Crippen LogP contribution in [-0.2, 0) is 0 Å². The Morgan fingerprint density at radius 3 is 2.12 bits per heavy atom. The fraction of sp³-hybridized carbons (Fsp3) is 1.00. The van der Waals surface area contributed by atoms with E-state index in [0.29, 0.717) is 6.04 Å². The third kappa shape index (κ3) is 2.98. The molecule has 1 aliphatic carbocycles. The highest BCUT2D eigenvalue weighted by Gasteiger charge is 2.35. The van der Waals surface area contributed by atoms with Crippen molar-refractivity contribution in [2.24, 2.45) is 23.5 Å². The fourth-order valence-corrected chi connectivity index (χ4v) is 3.36. The van der Waals surface area contributed by atoms with Crippen LogP contribution >= 0.6 is 0 Å². The Morgan fingerprint density at radius 2 is 1.62 bits per heavy atom. The van der Waals surface area contributed by atoms with E-state index in [1.807, 2.05) is 0 Å². The lowest BCUT2D eigenvalue weighted by atomic mass is 9.70. The van der Waals surface area contributed by atoms with E-state index in [-0.39, 0.29) is 0 Å². The molecule has 2 rings (SSSR count). The molecule has 0 aromatic heterocycles. The number of nitrogens with one attached hydrogen (secondary N) is 1. The first-order valence-corrected chi connectivity index (χ1v) is 7.06. The monoisotopic (exact) mass is 224 g/mol. The molecule has 0 spiro atoms. The molecule has 2 unspecified atom stereocenters. The minimum absolute atomic E-state index is 0.510. The summed E-state index contributed by atoms with van der Waals surface area (Å²) in [5.41, 5.74) is 5.85. The molecule has 0 bridgehead atoms. The van der Waals surface area contributed by atoms with Crippen molar-refractivity contribution in [1.29, 1.82) is 0 Å². The smallest absolute Gasteiger partial charge is 0.00871 e. The molecule has 0 aromatic carbocycles. The van der Waals surface area contributed by atoms with Gasteiger partial charge in [0.15, 0.2) is 0 Å². The summed E-state index contributed by atoms with van der Waals surface area (Å²) in [7, 11) is 0. The van der Waals surface area contributed by atoms with Crippen LogP contribution in [-0.4, -0.2) is 18.1 Å². The molecule has 16 heavy (non-hydrogen) atoms. The molecule has 0 radical (unpaired) electrons. The van der Waals surface area contributed by atoms with E-state index in [1.54, 1.807) is 0 Å². The summed E-state index contributed by atoms with van der Waals surface area (Å²) in [6, 6.07) is 2.12. The first kappa shape index (κ1) is 12.4. The number of hydrogen-bond donors (Lipinski definition) is 2. The molecule has 0 amide bonds. The van der Waals surface area contributed by atoms with Crippen molar-refractivity contribution in [3.05, 3.63) is 0 Å². The summed E-state index contributed by atoms with van der Waals surface area (Å²) in [4.78, 5) is 0. The molecule has 3 atom stereocenters. The summed E-state index contributed by atoms with van der Waals surface area (Å²) in [6.07, 6.45) is 6.65. The second-order valence-corrected chi connectivity index (χ2v) is 6.63. The second-order valence-electron chi connectivity index (χ2n) is 6.63. The summed E-state index contributed by atoms with van der Waals surface area (Å²) in [5, 5.41) is 3.73. The Hall–Kier alpha value is -0.0800. The zero-order valence-corrected chi connectivity index (χ0v) is 11.1. The number of hydrogen-bond acceptors (Lipinski definition) is 2. The van der Waals surface area contributed by atoms with E-state index in [1.165, 1.54) is 32.1 Å². The van der Waals surface area contributed by atoms with Crippen LogP contribution in [0.2, 0.25) is 0 Å². The van der Waals surface area contributed by atoms with E-state index in [0.717, 1.165) is 29.8 Å². The molecule has 2 heteroatoms. The van der Waals surface area contributed by atoms with Crippen molar-refractivity contribution in [3.63, 3.8) is 0 Å². The van der Waals surface area contributed by atoms with Gasteiger partial charge in [-0.15, -0.1) is 0 Å². The van der Waals surface area contributed by atoms with Crippen LogP contribution in [0.5, 0.6) is 0 Å². The van der Waals surface area contributed by atoms with Gasteiger partial charge in [0, 0.05) is 18.1 Å². The maximum absolute atomic E-state index is 5.85. The maximum atomic E-state index is 5.85. The summed E-state index contributed by atoms with van der Waals surface area (Å²) in [6.45, 7) is 7.04. The average molecular weight is 224 g/mol. The van der Waals surface area contributed by atoms with Gasteiger partial charge < -0.3 is 11.1 Å². The van der Waals surface area contributed by atoms with Crippen LogP contribution in [0.15, 0.2) is 0 Å². The van der Waals surface area contributed by atoms with Crippen molar-refractivity contribution in [1.82, 2.24) is 5.32 Å². The van der Waals surface area contributed by atoms with Crippen LogP contribution in [0, 0.1) is 17.8 Å². The lowest BCUT2D eigenvalue weighted by Gasteiger charge is -2.43. The van der Waals surface area contributed by atoms with Gasteiger partial charge >= 0.3 is 0 Å². The highest BCUT2D eigenvalue weighted by atomic mass is 15.0. The molecule has 1 aliphatic heterocycles. The summed E-state index contributed by atoms with van der Waals surface area (Å²) >= 11 is 0. The van der Waals surface area contributed by atoms with Gasteiger partial charge in [0.1, 0.15) is 0 Å². The third-order valence-electron chi connectivity index (χ3n) is 4.47. The highest BCUT2D eigenvalue weighted by molar-refractivity contribution is 4.93. The second kappa shape index (κ2) is 5.05. The van der Waals surface area contributed by atoms with Crippen molar-refractivity contribution in [3.8, 4) is 0 Å². The average Bonchev–Trinajstić information content (AvgIpc) is 2.08. The Labute approximate surface area is 100 Å². The van der Waals surface area contributed by atoms with Gasteiger partial charge in [-0.2, -0.15) is 0 Å². The van der Waals surface area contributed by atoms with Gasteiger partial charge in [-0.05, 0) is 49.9 Å². The molecule has 2 nitrogen and oxygen atoms in total. The zero-order valence-electron chi connectivity index (χ0n) is 11.1. The van der Waals surface area contributed by atoms with Gasteiger partial charge in [-0.3, -0.25) is 0 Å². The Morgan fingerprint density at radius 1 is 1.06 bits per heavy atom. The minimum Gasteiger partial charge on any atom is -0.328 e. The SMILES string of the molecule is CC(C)C[C@H]1CC(CC(C)C2CC(N)C2)N1. The minimum atomic E-state index is 0.510. The lowest BCUT2D eigenvalue weighted by molar-refractivity contribution is 0.133. The quantitative estimate of drug-likeness (QED) is 0.753. The highest BCUT2D eigenvalue weighted by Crippen LogP contribution is 2.36. The van der Waals surface area contributed by atoms with Gasteiger partial charge in [0.2, 0.25) is 0 Å². The van der Waals surface area contributed by atoms with Gasteiger partial charge in [-0.1, -0.05) is 20.8 Å². The Bertz CT molecular complexity index is 215. The van der Waals surface area contributed by atoms with E-state index in [2.05, 4.69) is 26.1 Å². The normalized spacial score (nSPS) is 40.3. The molecule has 1 heterocycles. The van der Waals surface area contributed by atoms with Crippen LogP contribution < -0.4 is 11.1 Å². The third-order valence-corrected chi connectivity index (χ3v) is 4.47. The Kier molecular flexibility index (Phi) is 3.91. The van der Waals surface area contributed by atoms with Crippen molar-refractivity contribution < 1.29 is 0 Å². The predicted molar refractivity (Wildman–Crippen MR) is 69.3 cm³/mol. The molecule has 1 saturated carbocycles. The van der Waals surface area contributed by atoms with Crippen LogP contribution in [0.4, 0.5) is 0 Å². The summed E-state index contributed by atoms with van der Waals surface area (Å²) < 4.78 is 0. The van der Waals surface area contributed by atoms with Crippen molar-refractivity contribution in [2.45, 2.75) is 71.0 Å². The predicted octanol–water partition coefficient (Wildman–Crippen LogP) is 2.53. The van der Waals surface area contributed by atoms with E-state index >= 15 is 0 Å². The van der Waals surface area contributed by atoms with Crippen molar-refractivity contribution in [2.75, 3.05) is 0 Å². The van der Waals surface area contributed by atoms with E-state index in [4.69, 9.17) is 5.73 Å². The van der Waals surface area contributed by atoms with Crippen molar-refractivity contribution >= 4 is 0 Å². The van der Waals surface area contributed by atoms with Crippen LogP contribution in [0.25, 0.3) is 0 Å². The first-order valence-electron chi connectivity index (χ1n) is 7.06. The van der Waals surface area contributed by atoms with Crippen LogP contribution in [0.3, 0.4) is 0 Å². The lowest BCUT2D eigenvalue weighted by Crippen LogP contribution is -2.54. The van der Waals surface area contributed by atoms with Crippen LogP contribution in [0.1, 0.15) is 52.9 Å². The van der Waals surface area contributed by atoms with Gasteiger partial charge in [0.25, 0.3) is 0 Å². The Balaban J connectivity index is 1.58. The zero-order chi connectivity index (χ0) is 11.7. The molecule has 94 valence electrons. The molecule has 1 saturated heterocycles. The largest absolute Gasteiger partial charge is 0.328 e. The summed E-state index contributed by atoms with van der Waals surface area (Å²) in [5.74, 6) is 2.62. The fourth-order valence-electron chi connectivity index (χ4n) is 3.36. The number of nitrogens with two attached hydrogens (primary N) is 1. The molecule has 2 fully saturated rings. The van der Waals surface area contributed by atoms with Gasteiger partial charge in [0.05, 0.1) is 0 Å². The molecular weight excluding hydrogens is 196 g/mol. The molecule has 3 N–H and O–H groups in total.